The second-order valence-corrected chi connectivity index (χ2v) is 29.4. The summed E-state index contributed by atoms with van der Waals surface area (Å²) < 4.78 is 0. The summed E-state index contributed by atoms with van der Waals surface area (Å²) in [6.07, 6.45) is 0. The molecular weight excluding hydrogens is 1470 g/mol. The van der Waals surface area contributed by atoms with Gasteiger partial charge >= 0.3 is 0 Å². The molecule has 504 valence electrons. The highest BCUT2D eigenvalue weighted by molar-refractivity contribution is 7.84. The molecule has 96 heavy (non-hydrogen) atoms. The van der Waals surface area contributed by atoms with E-state index in [1.54, 1.807) is 0 Å². The largest absolute Gasteiger partial charge is 0.175 e. The Hall–Kier alpha value is -3.24. The first-order valence-electron chi connectivity index (χ1n) is 30.0. The van der Waals surface area contributed by atoms with Gasteiger partial charge in [0.15, 0.2) is 0 Å². The van der Waals surface area contributed by atoms with Crippen LogP contribution in [0.4, 0.5) is 0 Å². The Bertz CT molecular complexity index is 4110. The minimum absolute atomic E-state index is 0.834. The molecule has 0 N–H and O–H groups in total. The molecule has 0 aromatic heterocycles. The van der Waals surface area contributed by atoms with Gasteiger partial charge in [-0.25, -0.2) is 0 Å². The van der Waals surface area contributed by atoms with Crippen LogP contribution in [0, 0.1) is 69.2 Å². The molecule has 0 bridgehead atoms. The Morgan fingerprint density at radius 3 is 1.15 bits per heavy atom. The molecule has 0 heterocycles. The van der Waals surface area contributed by atoms with Gasteiger partial charge in [0.1, 0.15) is 0 Å². The van der Waals surface area contributed by atoms with Crippen LogP contribution in [0.25, 0.3) is 21.5 Å². The van der Waals surface area contributed by atoms with Crippen LogP contribution in [0.1, 0.15) is 66.8 Å². The van der Waals surface area contributed by atoms with Crippen molar-refractivity contribution in [2.75, 3.05) is 0 Å². The SMILES string of the molecule is Cc1c(S)cc(S)cc1S.Cc1c(S)cccc1S.Cc1cc(S)ccc1S.Cc1ccc(CS)cc1.Cc1ccc(S)cc1S.Cc1ccc2c(S)cccc2c1.Cc1ccc2cc(S)ccc2c1.Cc1cccc(S)c1S.Cc1ccccc1CS.Cc1ccccc1S. The van der Waals surface area contributed by atoms with Crippen LogP contribution in [0.5, 0.6) is 0 Å². The highest BCUT2D eigenvalue weighted by atomic mass is 32.1. The lowest BCUT2D eigenvalue weighted by Crippen LogP contribution is -1.80. The lowest BCUT2D eigenvalue weighted by molar-refractivity contribution is 1.15. The molecule has 0 radical (unpaired) electrons. The zero-order valence-electron chi connectivity index (χ0n) is 55.5. The fourth-order valence-corrected chi connectivity index (χ4v) is 12.1. The predicted octanol–water partition coefficient (Wildman–Crippen LogP) is 27.2. The Balaban J connectivity index is 0.000000279. The standard InChI is InChI=1S/2C11H10S.2C8H10S.C7H8S3.4C7H8S2.C7H8S/c1-8-2-3-10-7-11(12)5-4-9(10)6-8;1-8-5-6-10-9(7-8)3-2-4-11(10)12;1-7-2-4-8(6-9)5-3-7;1-7-4-2-3-5-8(7)6-9;1-4-6(9)2-5(8)3-7(4)10;1-5-4-6(8)2-3-7(5)9;1-5-2-3-6(8)4-7(5)9;1-5-6(8)3-2-4-7(5)9;1-5-3-2-4-6(8)7(5)9;1-6-4-2-3-5-7(6)8/h2*2-7,12H,1H3;2*2-5,9H,6H2,1H3;2-3,8-10H,1H3;4*2-4,8-9H,1H3;2-5,8H,1H3. The number of hydrogen-bond acceptors (Lipinski definition) is 16. The van der Waals surface area contributed by atoms with Crippen molar-refractivity contribution in [3.05, 3.63) is 297 Å². The fraction of sp³-hybridized carbons (Fsp3) is 0.150. The summed E-state index contributed by atoms with van der Waals surface area (Å²) in [5.41, 5.74) is 14.8. The molecule has 16 heteroatoms. The molecule has 12 aromatic carbocycles. The second-order valence-electron chi connectivity index (χ2n) is 22.0. The first-order valence-corrected chi connectivity index (χ1v) is 37.5. The molecule has 0 aliphatic heterocycles. The van der Waals surface area contributed by atoms with Crippen molar-refractivity contribution in [2.24, 2.45) is 0 Å². The van der Waals surface area contributed by atoms with Crippen molar-refractivity contribution in [2.45, 2.75) is 149 Å². The molecule has 0 spiro atoms. The first kappa shape index (κ1) is 87.0. The Morgan fingerprint density at radius 2 is 0.646 bits per heavy atom. The molecule has 0 aliphatic rings. The van der Waals surface area contributed by atoms with Gasteiger partial charge in [-0.05, 0) is 226 Å². The van der Waals surface area contributed by atoms with Gasteiger partial charge in [0.2, 0.25) is 0 Å². The highest BCUT2D eigenvalue weighted by Crippen LogP contribution is 2.27. The third-order valence-corrected chi connectivity index (χ3v) is 20.8. The van der Waals surface area contributed by atoms with E-state index in [1.807, 2.05) is 181 Å². The molecular formula is C80H88S16. The average molecular weight is 1560 g/mol. The van der Waals surface area contributed by atoms with E-state index >= 15 is 0 Å². The Labute approximate surface area is 662 Å². The molecule has 0 unspecified atom stereocenters. The van der Waals surface area contributed by atoms with E-state index in [-0.39, 0.29) is 0 Å². The molecule has 0 nitrogen and oxygen atoms in total. The number of benzene rings is 12. The summed E-state index contributed by atoms with van der Waals surface area (Å²) in [6.45, 7) is 20.5. The zero-order chi connectivity index (χ0) is 71.6. The molecule has 0 saturated carbocycles. The normalized spacial score (nSPS) is 9.85. The number of fused-ring (bicyclic) bond motifs is 2. The van der Waals surface area contributed by atoms with Gasteiger partial charge in [-0.15, -0.1) is 177 Å². The van der Waals surface area contributed by atoms with Crippen LogP contribution in [0.15, 0.2) is 299 Å². The lowest BCUT2D eigenvalue weighted by Gasteiger charge is -2.02. The van der Waals surface area contributed by atoms with Crippen LogP contribution in [-0.2, 0) is 11.5 Å². The van der Waals surface area contributed by atoms with E-state index in [4.69, 9.17) is 0 Å². The second kappa shape index (κ2) is 47.0. The summed E-state index contributed by atoms with van der Waals surface area (Å²) in [5, 5.41) is 5.04. The third-order valence-electron chi connectivity index (χ3n) is 14.0. The maximum Gasteiger partial charge on any atom is 0.0203 e. The molecule has 0 aliphatic carbocycles. The molecule has 0 amide bonds. The van der Waals surface area contributed by atoms with Crippen LogP contribution in [0.2, 0.25) is 0 Å². The maximum atomic E-state index is 4.38. The number of hydrogen-bond donors (Lipinski definition) is 16. The summed E-state index contributed by atoms with van der Waals surface area (Å²) in [5.74, 6) is 1.67. The van der Waals surface area contributed by atoms with Crippen LogP contribution in [-0.4, -0.2) is 0 Å². The number of aryl methyl sites for hydroxylation is 8. The lowest BCUT2D eigenvalue weighted by atomic mass is 10.1. The molecule has 0 fully saturated rings. The van der Waals surface area contributed by atoms with Gasteiger partial charge in [0, 0.05) is 80.0 Å². The zero-order valence-corrected chi connectivity index (χ0v) is 69.8. The van der Waals surface area contributed by atoms with E-state index < -0.39 is 0 Å². The van der Waals surface area contributed by atoms with Gasteiger partial charge in [-0.2, -0.15) is 25.3 Å². The van der Waals surface area contributed by atoms with E-state index in [2.05, 4.69) is 321 Å². The first-order chi connectivity index (χ1) is 45.4. The van der Waals surface area contributed by atoms with Crippen molar-refractivity contribution in [1.82, 2.24) is 0 Å². The Kier molecular flexibility index (Phi) is 42.6. The maximum absolute atomic E-state index is 4.38. The summed E-state index contributed by atoms with van der Waals surface area (Å²) in [7, 11) is 0. The highest BCUT2D eigenvalue weighted by Gasteiger charge is 2.01. The number of rotatable bonds is 2. The van der Waals surface area contributed by atoms with E-state index in [0.717, 1.165) is 91.2 Å². The summed E-state index contributed by atoms with van der Waals surface area (Å²) in [4.78, 5) is 13.8. The van der Waals surface area contributed by atoms with Crippen molar-refractivity contribution < 1.29 is 0 Å². The average Bonchev–Trinajstić information content (AvgIpc) is 0.920. The monoisotopic (exact) mass is 1560 g/mol. The Morgan fingerprint density at radius 1 is 0.229 bits per heavy atom. The number of thiol groups is 16. The van der Waals surface area contributed by atoms with Crippen molar-refractivity contribution in [1.29, 1.82) is 0 Å². The summed E-state index contributed by atoms with van der Waals surface area (Å²) in [6, 6.07) is 77.2. The van der Waals surface area contributed by atoms with Crippen molar-refractivity contribution in [3.8, 4) is 0 Å². The van der Waals surface area contributed by atoms with Crippen LogP contribution < -0.4 is 0 Å². The van der Waals surface area contributed by atoms with Gasteiger partial charge < -0.3 is 0 Å². The van der Waals surface area contributed by atoms with Crippen LogP contribution >= 0.6 is 202 Å². The van der Waals surface area contributed by atoms with Crippen molar-refractivity contribution in [3.63, 3.8) is 0 Å². The van der Waals surface area contributed by atoms with E-state index in [1.165, 1.54) is 77.2 Å². The van der Waals surface area contributed by atoms with Gasteiger partial charge in [-0.1, -0.05) is 162 Å². The molecule has 12 aromatic rings. The van der Waals surface area contributed by atoms with Crippen LogP contribution in [0.3, 0.4) is 0 Å². The predicted molar refractivity (Wildman–Crippen MR) is 474 cm³/mol. The summed E-state index contributed by atoms with van der Waals surface area (Å²) >= 11 is 67.5. The smallest absolute Gasteiger partial charge is 0.0203 e. The van der Waals surface area contributed by atoms with E-state index in [9.17, 15) is 0 Å². The van der Waals surface area contributed by atoms with Gasteiger partial charge in [0.05, 0.1) is 0 Å². The quantitative estimate of drug-likeness (QED) is 0.0746. The molecule has 0 saturated heterocycles. The van der Waals surface area contributed by atoms with E-state index in [0.29, 0.717) is 0 Å². The van der Waals surface area contributed by atoms with Gasteiger partial charge in [-0.3, -0.25) is 0 Å². The van der Waals surface area contributed by atoms with Crippen molar-refractivity contribution >= 4 is 224 Å². The minimum atomic E-state index is 0.834. The molecule has 0 atom stereocenters. The topological polar surface area (TPSA) is 0 Å². The van der Waals surface area contributed by atoms with Gasteiger partial charge in [0.25, 0.3) is 0 Å². The fourth-order valence-electron chi connectivity index (χ4n) is 7.95. The minimum Gasteiger partial charge on any atom is -0.175 e. The third kappa shape index (κ3) is 33.5. The molecule has 12 rings (SSSR count).